The van der Waals surface area contributed by atoms with E-state index in [1.165, 1.54) is 17.0 Å². The summed E-state index contributed by atoms with van der Waals surface area (Å²) >= 11 is 12.5. The Morgan fingerprint density at radius 3 is 2.02 bits per heavy atom. The van der Waals surface area contributed by atoms with Crippen LogP contribution in [0.5, 0.6) is 0 Å². The molecule has 4 aromatic rings. The molecular formula is C36H39Cl2N3O4S. The molecule has 7 nitrogen and oxygen atoms in total. The summed E-state index contributed by atoms with van der Waals surface area (Å²) in [6.07, 6.45) is 0.929. The first kappa shape index (κ1) is 35.0. The van der Waals surface area contributed by atoms with Crippen LogP contribution in [-0.2, 0) is 32.6 Å². The van der Waals surface area contributed by atoms with Gasteiger partial charge in [0, 0.05) is 19.5 Å². The van der Waals surface area contributed by atoms with Crippen molar-refractivity contribution in [1.29, 1.82) is 0 Å². The lowest BCUT2D eigenvalue weighted by atomic mass is 10.0. The first-order valence-corrected chi connectivity index (χ1v) is 17.4. The molecule has 0 unspecified atom stereocenters. The second-order valence-corrected chi connectivity index (χ2v) is 14.0. The predicted molar refractivity (Wildman–Crippen MR) is 186 cm³/mol. The molecular weight excluding hydrogens is 641 g/mol. The standard InChI is InChI=1S/C36H39Cl2N3O4S/c1-4-21-39-36(43)34(23-27-11-7-5-8-12-27)40(24-28-15-20-32(37)33(38)22-28)35(42)25-41(30-18-16-29(17-19-30)26(2)3)46(44,45)31-13-9-6-10-14-31/h5-20,22,26,34H,4,21,23-25H2,1-3H3,(H,39,43)/t34-/m1/s1. The van der Waals surface area contributed by atoms with E-state index in [1.807, 2.05) is 63.2 Å². The minimum Gasteiger partial charge on any atom is -0.354 e. The zero-order valence-electron chi connectivity index (χ0n) is 26.2. The smallest absolute Gasteiger partial charge is 0.264 e. The van der Waals surface area contributed by atoms with E-state index in [1.54, 1.807) is 48.5 Å². The van der Waals surface area contributed by atoms with Gasteiger partial charge in [-0.1, -0.05) is 111 Å². The average molecular weight is 681 g/mol. The Hall–Kier alpha value is -3.85. The van der Waals surface area contributed by atoms with Gasteiger partial charge in [0.15, 0.2) is 0 Å². The van der Waals surface area contributed by atoms with Crippen LogP contribution in [0.1, 0.15) is 49.8 Å². The summed E-state index contributed by atoms with van der Waals surface area (Å²) in [4.78, 5) is 29.8. The van der Waals surface area contributed by atoms with Crippen molar-refractivity contribution in [1.82, 2.24) is 10.2 Å². The molecule has 0 aliphatic rings. The van der Waals surface area contributed by atoms with Gasteiger partial charge < -0.3 is 10.2 Å². The van der Waals surface area contributed by atoms with Crippen molar-refractivity contribution in [2.45, 2.75) is 57.0 Å². The lowest BCUT2D eigenvalue weighted by molar-refractivity contribution is -0.140. The zero-order chi connectivity index (χ0) is 33.3. The molecule has 46 heavy (non-hydrogen) atoms. The quantitative estimate of drug-likeness (QED) is 0.150. The maximum Gasteiger partial charge on any atom is 0.264 e. The van der Waals surface area contributed by atoms with Crippen LogP contribution in [-0.4, -0.2) is 44.3 Å². The van der Waals surface area contributed by atoms with E-state index < -0.39 is 28.5 Å². The molecule has 4 aromatic carbocycles. The van der Waals surface area contributed by atoms with Crippen LogP contribution in [0.2, 0.25) is 10.0 Å². The number of hydrogen-bond acceptors (Lipinski definition) is 4. The molecule has 0 bridgehead atoms. The highest BCUT2D eigenvalue weighted by Gasteiger charge is 2.34. The summed E-state index contributed by atoms with van der Waals surface area (Å²) in [7, 11) is -4.17. The molecule has 1 N–H and O–H groups in total. The monoisotopic (exact) mass is 679 g/mol. The topological polar surface area (TPSA) is 86.8 Å². The normalized spacial score (nSPS) is 12.0. The van der Waals surface area contributed by atoms with Gasteiger partial charge in [-0.2, -0.15) is 0 Å². The fourth-order valence-electron chi connectivity index (χ4n) is 5.03. The molecule has 0 aromatic heterocycles. The maximum absolute atomic E-state index is 14.5. The minimum atomic E-state index is -4.17. The highest BCUT2D eigenvalue weighted by Crippen LogP contribution is 2.28. The lowest BCUT2D eigenvalue weighted by Crippen LogP contribution is -2.53. The molecule has 0 radical (unpaired) electrons. The number of nitrogens with zero attached hydrogens (tertiary/aromatic N) is 2. The summed E-state index contributed by atoms with van der Waals surface area (Å²) in [5, 5.41) is 3.60. The van der Waals surface area contributed by atoms with Crippen molar-refractivity contribution in [2.24, 2.45) is 0 Å². The number of rotatable bonds is 14. The van der Waals surface area contributed by atoms with Gasteiger partial charge in [0.05, 0.1) is 20.6 Å². The van der Waals surface area contributed by atoms with Gasteiger partial charge in [-0.15, -0.1) is 0 Å². The van der Waals surface area contributed by atoms with Crippen molar-refractivity contribution >= 4 is 50.7 Å². The Kier molecular flexibility index (Phi) is 12.3. The molecule has 0 spiro atoms. The number of hydrogen-bond donors (Lipinski definition) is 1. The van der Waals surface area contributed by atoms with E-state index in [9.17, 15) is 18.0 Å². The summed E-state index contributed by atoms with van der Waals surface area (Å²) in [5.41, 5.74) is 2.86. The van der Waals surface area contributed by atoms with Gasteiger partial charge in [-0.3, -0.25) is 13.9 Å². The van der Waals surface area contributed by atoms with Crippen molar-refractivity contribution in [3.05, 3.63) is 130 Å². The first-order valence-electron chi connectivity index (χ1n) is 15.2. The highest BCUT2D eigenvalue weighted by atomic mass is 35.5. The lowest BCUT2D eigenvalue weighted by Gasteiger charge is -2.34. The summed E-state index contributed by atoms with van der Waals surface area (Å²) in [6, 6.07) is 28.6. The van der Waals surface area contributed by atoms with E-state index in [-0.39, 0.29) is 29.7 Å². The third-order valence-electron chi connectivity index (χ3n) is 7.62. The van der Waals surface area contributed by atoms with Crippen molar-refractivity contribution in [2.75, 3.05) is 17.4 Å². The molecule has 242 valence electrons. The average Bonchev–Trinajstić information content (AvgIpc) is 3.06. The van der Waals surface area contributed by atoms with Crippen LogP contribution in [0.25, 0.3) is 0 Å². The molecule has 0 saturated heterocycles. The van der Waals surface area contributed by atoms with Crippen molar-refractivity contribution < 1.29 is 18.0 Å². The number of anilines is 1. The van der Waals surface area contributed by atoms with Gasteiger partial charge in [-0.25, -0.2) is 8.42 Å². The fourth-order valence-corrected chi connectivity index (χ4v) is 6.78. The maximum atomic E-state index is 14.5. The third kappa shape index (κ3) is 8.90. The number of carbonyl (C=O) groups is 2. The number of sulfonamides is 1. The van der Waals surface area contributed by atoms with Gasteiger partial charge in [0.1, 0.15) is 12.6 Å². The van der Waals surface area contributed by atoms with E-state index in [2.05, 4.69) is 5.32 Å². The Balaban J connectivity index is 1.81. The van der Waals surface area contributed by atoms with E-state index in [0.29, 0.717) is 34.3 Å². The van der Waals surface area contributed by atoms with Gasteiger partial charge in [0.2, 0.25) is 11.8 Å². The molecule has 0 fully saturated rings. The van der Waals surface area contributed by atoms with E-state index in [4.69, 9.17) is 23.2 Å². The molecule has 4 rings (SSSR count). The number of carbonyl (C=O) groups excluding carboxylic acids is 2. The Morgan fingerprint density at radius 2 is 1.43 bits per heavy atom. The molecule has 0 aliphatic carbocycles. The Labute approximate surface area is 282 Å². The van der Waals surface area contributed by atoms with E-state index >= 15 is 0 Å². The zero-order valence-corrected chi connectivity index (χ0v) is 28.5. The van der Waals surface area contributed by atoms with Crippen molar-refractivity contribution in [3.63, 3.8) is 0 Å². The summed E-state index contributed by atoms with van der Waals surface area (Å²) < 4.78 is 29.4. The van der Waals surface area contributed by atoms with Gasteiger partial charge >= 0.3 is 0 Å². The first-order chi connectivity index (χ1) is 22.0. The number of halogens is 2. The van der Waals surface area contributed by atoms with Crippen molar-refractivity contribution in [3.8, 4) is 0 Å². The SMILES string of the molecule is CCCNC(=O)[C@@H](Cc1ccccc1)N(Cc1ccc(Cl)c(Cl)c1)C(=O)CN(c1ccc(C(C)C)cc1)S(=O)(=O)c1ccccc1. The third-order valence-corrected chi connectivity index (χ3v) is 10.1. The fraction of sp³-hybridized carbons (Fsp3) is 0.278. The number of benzene rings is 4. The number of amides is 2. The Bertz CT molecular complexity index is 1720. The highest BCUT2D eigenvalue weighted by molar-refractivity contribution is 7.92. The predicted octanol–water partition coefficient (Wildman–Crippen LogP) is 7.48. The molecule has 0 heterocycles. The van der Waals surface area contributed by atoms with Crippen LogP contribution in [0.15, 0.2) is 108 Å². The van der Waals surface area contributed by atoms with Gasteiger partial charge in [-0.05, 0) is 65.4 Å². The van der Waals surface area contributed by atoms with Gasteiger partial charge in [0.25, 0.3) is 10.0 Å². The second kappa shape index (κ2) is 16.1. The molecule has 10 heteroatoms. The van der Waals surface area contributed by atoms with Crippen LogP contribution in [0, 0.1) is 0 Å². The molecule has 0 saturated carbocycles. The van der Waals surface area contributed by atoms with Crippen LogP contribution < -0.4 is 9.62 Å². The second-order valence-electron chi connectivity index (χ2n) is 11.3. The summed E-state index contributed by atoms with van der Waals surface area (Å²) in [6.45, 7) is 5.94. The summed E-state index contributed by atoms with van der Waals surface area (Å²) in [5.74, 6) is -0.652. The minimum absolute atomic E-state index is 0.00171. The molecule has 0 aliphatic heterocycles. The molecule has 2 amide bonds. The van der Waals surface area contributed by atoms with Crippen LogP contribution >= 0.6 is 23.2 Å². The van der Waals surface area contributed by atoms with E-state index in [0.717, 1.165) is 15.4 Å². The largest absolute Gasteiger partial charge is 0.354 e. The van der Waals surface area contributed by atoms with Crippen LogP contribution in [0.4, 0.5) is 5.69 Å². The molecule has 1 atom stereocenters. The number of nitrogens with one attached hydrogen (secondary N) is 1. The van der Waals surface area contributed by atoms with Crippen LogP contribution in [0.3, 0.4) is 0 Å². The Morgan fingerprint density at radius 1 is 0.804 bits per heavy atom.